The Hall–Kier alpha value is -3.74. The average molecular weight is 389 g/mol. The lowest BCUT2D eigenvalue weighted by atomic mass is 10.1. The van der Waals surface area contributed by atoms with Gasteiger partial charge in [0.2, 0.25) is 11.9 Å². The third-order valence-corrected chi connectivity index (χ3v) is 4.40. The molecule has 0 aliphatic rings. The van der Waals surface area contributed by atoms with Gasteiger partial charge in [-0.15, -0.1) is 0 Å². The summed E-state index contributed by atoms with van der Waals surface area (Å²) in [6.45, 7) is 7.31. The average Bonchev–Trinajstić information content (AvgIpc) is 2.66. The summed E-state index contributed by atoms with van der Waals surface area (Å²) in [5.41, 5.74) is 5.36. The molecule has 3 N–H and O–H groups in total. The third-order valence-electron chi connectivity index (χ3n) is 4.40. The van der Waals surface area contributed by atoms with Gasteiger partial charge in [0.25, 0.3) is 5.91 Å². The van der Waals surface area contributed by atoms with Crippen molar-refractivity contribution in [1.82, 2.24) is 9.97 Å². The monoisotopic (exact) mass is 389 g/mol. The number of carbonyl (C=O) groups is 2. The van der Waals surface area contributed by atoms with Crippen molar-refractivity contribution in [3.05, 3.63) is 71.0 Å². The molecule has 7 nitrogen and oxygen atoms in total. The Labute approximate surface area is 169 Å². The van der Waals surface area contributed by atoms with E-state index in [2.05, 4.69) is 25.9 Å². The zero-order valence-corrected chi connectivity index (χ0v) is 16.8. The zero-order valence-electron chi connectivity index (χ0n) is 16.8. The molecule has 0 fully saturated rings. The van der Waals surface area contributed by atoms with E-state index in [0.717, 1.165) is 16.8 Å². The van der Waals surface area contributed by atoms with E-state index in [-0.39, 0.29) is 17.5 Å². The summed E-state index contributed by atoms with van der Waals surface area (Å²) in [5.74, 6) is -0.126. The molecule has 0 saturated carbocycles. The molecule has 3 aromatic rings. The molecule has 0 aliphatic heterocycles. The number of anilines is 4. The molecular weight excluding hydrogens is 366 g/mol. The lowest BCUT2D eigenvalue weighted by molar-refractivity contribution is -0.114. The van der Waals surface area contributed by atoms with Crippen LogP contribution in [0.3, 0.4) is 0 Å². The van der Waals surface area contributed by atoms with Gasteiger partial charge in [0.05, 0.1) is 0 Å². The molecule has 29 heavy (non-hydrogen) atoms. The van der Waals surface area contributed by atoms with Crippen LogP contribution in [0.25, 0.3) is 0 Å². The van der Waals surface area contributed by atoms with Crippen LogP contribution in [0.1, 0.15) is 34.2 Å². The van der Waals surface area contributed by atoms with Crippen molar-refractivity contribution >= 4 is 34.8 Å². The summed E-state index contributed by atoms with van der Waals surface area (Å²) in [4.78, 5) is 32.5. The van der Waals surface area contributed by atoms with Gasteiger partial charge in [0, 0.05) is 29.7 Å². The van der Waals surface area contributed by atoms with Gasteiger partial charge in [-0.25, -0.2) is 9.97 Å². The predicted octanol–water partition coefficient (Wildman–Crippen LogP) is 4.36. The smallest absolute Gasteiger partial charge is 0.274 e. The summed E-state index contributed by atoms with van der Waals surface area (Å²) >= 11 is 0. The number of aryl methyl sites for hydroxylation is 2. The highest BCUT2D eigenvalue weighted by atomic mass is 16.2. The van der Waals surface area contributed by atoms with Gasteiger partial charge >= 0.3 is 0 Å². The maximum atomic E-state index is 12.7. The van der Waals surface area contributed by atoms with Crippen LogP contribution in [0.5, 0.6) is 0 Å². The van der Waals surface area contributed by atoms with E-state index in [1.54, 1.807) is 30.3 Å². The molecule has 2 amide bonds. The fraction of sp³-hybridized carbons (Fsp3) is 0.182. The molecule has 0 bridgehead atoms. The van der Waals surface area contributed by atoms with Crippen molar-refractivity contribution in [1.29, 1.82) is 0 Å². The topological polar surface area (TPSA) is 96.0 Å². The maximum Gasteiger partial charge on any atom is 0.274 e. The first-order valence-electron chi connectivity index (χ1n) is 9.20. The normalized spacial score (nSPS) is 10.3. The van der Waals surface area contributed by atoms with Crippen LogP contribution in [0.4, 0.5) is 23.0 Å². The molecule has 0 unspecified atom stereocenters. The lowest BCUT2D eigenvalue weighted by Crippen LogP contribution is -2.15. The summed E-state index contributed by atoms with van der Waals surface area (Å²) in [5, 5.41) is 8.69. The second-order valence-electron chi connectivity index (χ2n) is 6.80. The first-order chi connectivity index (χ1) is 13.8. The molecule has 2 aromatic carbocycles. The zero-order chi connectivity index (χ0) is 21.0. The second-order valence-corrected chi connectivity index (χ2v) is 6.80. The van der Waals surface area contributed by atoms with Crippen LogP contribution in [0.2, 0.25) is 0 Å². The summed E-state index contributed by atoms with van der Waals surface area (Å²) in [6, 6.07) is 14.4. The fourth-order valence-corrected chi connectivity index (χ4v) is 2.78. The predicted molar refractivity (Wildman–Crippen MR) is 115 cm³/mol. The fourth-order valence-electron chi connectivity index (χ4n) is 2.78. The first kappa shape index (κ1) is 20.0. The highest BCUT2D eigenvalue weighted by Crippen LogP contribution is 2.21. The molecule has 0 spiro atoms. The quantitative estimate of drug-likeness (QED) is 0.603. The lowest BCUT2D eigenvalue weighted by Gasteiger charge is -2.12. The van der Waals surface area contributed by atoms with Gasteiger partial charge in [-0.3, -0.25) is 9.59 Å². The number of hydrogen-bond acceptors (Lipinski definition) is 5. The first-order valence-corrected chi connectivity index (χ1v) is 9.20. The number of rotatable bonds is 5. The standard InChI is InChI=1S/C22H23N5O2/c1-13-6-5-7-19(15(13)3)26-22-23-14(2)12-20(27-22)21(29)25-18-10-8-17(9-11-18)24-16(4)28/h5-12H,1-4H3,(H,24,28)(H,25,29)(H,23,26,27). The SMILES string of the molecule is CC(=O)Nc1ccc(NC(=O)c2cc(C)nc(Nc3cccc(C)c3C)n2)cc1. The van der Waals surface area contributed by atoms with E-state index in [1.807, 2.05) is 39.0 Å². The third kappa shape index (κ3) is 5.16. The number of aromatic nitrogens is 2. The summed E-state index contributed by atoms with van der Waals surface area (Å²) in [7, 11) is 0. The van der Waals surface area contributed by atoms with Crippen molar-refractivity contribution in [2.24, 2.45) is 0 Å². The van der Waals surface area contributed by atoms with Gasteiger partial charge < -0.3 is 16.0 Å². The van der Waals surface area contributed by atoms with Gasteiger partial charge in [-0.05, 0) is 68.3 Å². The van der Waals surface area contributed by atoms with E-state index in [4.69, 9.17) is 0 Å². The molecule has 0 atom stereocenters. The molecular formula is C22H23N5O2. The number of benzene rings is 2. The number of amides is 2. The molecule has 0 radical (unpaired) electrons. The Balaban J connectivity index is 1.77. The summed E-state index contributed by atoms with van der Waals surface area (Å²) in [6.07, 6.45) is 0. The highest BCUT2D eigenvalue weighted by molar-refractivity contribution is 6.03. The van der Waals surface area contributed by atoms with E-state index in [9.17, 15) is 9.59 Å². The van der Waals surface area contributed by atoms with Crippen molar-refractivity contribution in [3.8, 4) is 0 Å². The Bertz CT molecular complexity index is 1060. The number of carbonyl (C=O) groups excluding carboxylic acids is 2. The van der Waals surface area contributed by atoms with Crippen molar-refractivity contribution in [2.45, 2.75) is 27.7 Å². The van der Waals surface area contributed by atoms with Crippen LogP contribution >= 0.6 is 0 Å². The molecule has 0 saturated heterocycles. The number of nitrogens with one attached hydrogen (secondary N) is 3. The molecule has 148 valence electrons. The van der Waals surface area contributed by atoms with Crippen LogP contribution in [0, 0.1) is 20.8 Å². The minimum absolute atomic E-state index is 0.151. The maximum absolute atomic E-state index is 12.7. The minimum atomic E-state index is -0.341. The molecule has 0 aliphatic carbocycles. The van der Waals surface area contributed by atoms with Crippen molar-refractivity contribution in [2.75, 3.05) is 16.0 Å². The van der Waals surface area contributed by atoms with E-state index < -0.39 is 0 Å². The summed E-state index contributed by atoms with van der Waals surface area (Å²) < 4.78 is 0. The molecule has 1 aromatic heterocycles. The van der Waals surface area contributed by atoms with Gasteiger partial charge in [-0.2, -0.15) is 0 Å². The van der Waals surface area contributed by atoms with Gasteiger partial charge in [0.1, 0.15) is 5.69 Å². The molecule has 3 rings (SSSR count). The Morgan fingerprint density at radius 3 is 2.17 bits per heavy atom. The van der Waals surface area contributed by atoms with Gasteiger partial charge in [-0.1, -0.05) is 12.1 Å². The van der Waals surface area contributed by atoms with Crippen molar-refractivity contribution in [3.63, 3.8) is 0 Å². The van der Waals surface area contributed by atoms with Gasteiger partial charge in [0.15, 0.2) is 0 Å². The number of nitrogens with zero attached hydrogens (tertiary/aromatic N) is 2. The Morgan fingerprint density at radius 2 is 1.52 bits per heavy atom. The van der Waals surface area contributed by atoms with E-state index in [0.29, 0.717) is 23.0 Å². The Morgan fingerprint density at radius 1 is 0.862 bits per heavy atom. The van der Waals surface area contributed by atoms with Crippen LogP contribution in [-0.2, 0) is 4.79 Å². The van der Waals surface area contributed by atoms with Crippen LogP contribution in [-0.4, -0.2) is 21.8 Å². The molecule has 7 heteroatoms. The van der Waals surface area contributed by atoms with Crippen LogP contribution in [0.15, 0.2) is 48.5 Å². The second kappa shape index (κ2) is 8.52. The largest absolute Gasteiger partial charge is 0.326 e. The highest BCUT2D eigenvalue weighted by Gasteiger charge is 2.12. The van der Waals surface area contributed by atoms with E-state index >= 15 is 0 Å². The Kier molecular flexibility index (Phi) is 5.87. The van der Waals surface area contributed by atoms with Crippen LogP contribution < -0.4 is 16.0 Å². The van der Waals surface area contributed by atoms with Crippen molar-refractivity contribution < 1.29 is 9.59 Å². The number of hydrogen-bond donors (Lipinski definition) is 3. The van der Waals surface area contributed by atoms with E-state index in [1.165, 1.54) is 6.92 Å². The minimum Gasteiger partial charge on any atom is -0.326 e. The molecule has 1 heterocycles.